The fourth-order valence-corrected chi connectivity index (χ4v) is 3.01. The number of nitrogens with zero attached hydrogens (tertiary/aromatic N) is 5. The van der Waals surface area contributed by atoms with Crippen molar-refractivity contribution in [1.29, 1.82) is 0 Å². The first-order valence-electron chi connectivity index (χ1n) is 10.4. The smallest absolute Gasteiger partial charge is 0.231 e. The van der Waals surface area contributed by atoms with Crippen molar-refractivity contribution in [3.05, 3.63) is 96.6 Å². The highest BCUT2D eigenvalue weighted by Crippen LogP contribution is 2.20. The van der Waals surface area contributed by atoms with E-state index in [4.69, 9.17) is 0 Å². The maximum absolute atomic E-state index is 10.5. The number of para-hydroxylation sites is 1. The summed E-state index contributed by atoms with van der Waals surface area (Å²) in [5.74, 6) is 1.43. The van der Waals surface area contributed by atoms with Crippen molar-refractivity contribution in [2.75, 3.05) is 22.6 Å². The Kier molecular flexibility index (Phi) is 7.14. The van der Waals surface area contributed by atoms with Gasteiger partial charge in [0.1, 0.15) is 5.82 Å². The molecule has 0 aliphatic rings. The lowest BCUT2D eigenvalue weighted by Crippen LogP contribution is -2.14. The van der Waals surface area contributed by atoms with Crippen LogP contribution in [0, 0.1) is 0 Å². The minimum absolute atomic E-state index is 0.268. The predicted molar refractivity (Wildman–Crippen MR) is 130 cm³/mol. The van der Waals surface area contributed by atoms with Crippen molar-refractivity contribution < 1.29 is 5.11 Å². The Morgan fingerprint density at radius 2 is 1.58 bits per heavy atom. The number of anilines is 4. The van der Waals surface area contributed by atoms with Crippen molar-refractivity contribution in [2.24, 2.45) is 5.10 Å². The van der Waals surface area contributed by atoms with Crippen molar-refractivity contribution in [2.45, 2.75) is 13.0 Å². The molecular weight excluding hydrogens is 416 g/mol. The van der Waals surface area contributed by atoms with E-state index in [1.165, 1.54) is 0 Å². The minimum atomic E-state index is -0.711. The van der Waals surface area contributed by atoms with Gasteiger partial charge >= 0.3 is 0 Å². The molecule has 0 aliphatic carbocycles. The molecule has 4 aromatic rings. The summed E-state index contributed by atoms with van der Waals surface area (Å²) in [7, 11) is 0. The highest BCUT2D eigenvalue weighted by molar-refractivity contribution is 5.98. The summed E-state index contributed by atoms with van der Waals surface area (Å²) in [4.78, 5) is 17.1. The Balaban J connectivity index is 1.53. The Bertz CT molecular complexity index is 1190. The first-order chi connectivity index (χ1) is 16.2. The topological polar surface area (TPSA) is 120 Å². The molecule has 3 aromatic heterocycles. The van der Waals surface area contributed by atoms with E-state index in [-0.39, 0.29) is 6.54 Å². The Labute approximate surface area is 191 Å². The van der Waals surface area contributed by atoms with Crippen LogP contribution in [0.5, 0.6) is 0 Å². The molecule has 1 atom stereocenters. The van der Waals surface area contributed by atoms with E-state index < -0.39 is 6.10 Å². The lowest BCUT2D eigenvalue weighted by atomic mass is 10.1. The summed E-state index contributed by atoms with van der Waals surface area (Å²) >= 11 is 0. The molecule has 1 unspecified atom stereocenters. The molecule has 9 heteroatoms. The molecule has 166 valence electrons. The summed E-state index contributed by atoms with van der Waals surface area (Å²) in [6, 6.07) is 18.7. The highest BCUT2D eigenvalue weighted by Gasteiger charge is 2.10. The van der Waals surface area contributed by atoms with Crippen LogP contribution in [-0.4, -0.2) is 37.3 Å². The molecule has 0 saturated carbocycles. The number of hydrogen-bond donors (Lipinski definition) is 4. The SMILES string of the molecule is CC(=NNc1cc(NCC(O)c2ccncc2)nc(Nc2ccccc2)n1)c1ccncc1. The van der Waals surface area contributed by atoms with E-state index in [9.17, 15) is 5.11 Å². The molecule has 0 saturated heterocycles. The van der Waals surface area contributed by atoms with Crippen LogP contribution in [0.2, 0.25) is 0 Å². The van der Waals surface area contributed by atoms with Gasteiger partial charge < -0.3 is 15.7 Å². The molecule has 9 nitrogen and oxygen atoms in total. The number of hydrogen-bond acceptors (Lipinski definition) is 9. The number of hydrazone groups is 1. The molecule has 0 fully saturated rings. The van der Waals surface area contributed by atoms with Crippen LogP contribution in [0.3, 0.4) is 0 Å². The van der Waals surface area contributed by atoms with Crippen molar-refractivity contribution in [3.63, 3.8) is 0 Å². The normalized spacial score (nSPS) is 12.1. The van der Waals surface area contributed by atoms with Crippen LogP contribution in [0.4, 0.5) is 23.3 Å². The maximum atomic E-state index is 10.5. The fraction of sp³-hybridized carbons (Fsp3) is 0.125. The summed E-state index contributed by atoms with van der Waals surface area (Å²) < 4.78 is 0. The lowest BCUT2D eigenvalue weighted by Gasteiger charge is -2.14. The zero-order valence-electron chi connectivity index (χ0n) is 18.1. The summed E-state index contributed by atoms with van der Waals surface area (Å²) in [6.07, 6.45) is 6.03. The summed E-state index contributed by atoms with van der Waals surface area (Å²) in [5, 5.41) is 21.3. The molecule has 0 aliphatic heterocycles. The van der Waals surface area contributed by atoms with E-state index in [1.807, 2.05) is 49.4 Å². The number of rotatable bonds is 9. The van der Waals surface area contributed by atoms with E-state index in [0.29, 0.717) is 17.6 Å². The molecule has 0 bridgehead atoms. The third-order valence-electron chi connectivity index (χ3n) is 4.76. The summed E-state index contributed by atoms with van der Waals surface area (Å²) in [6.45, 7) is 2.17. The number of aliphatic hydroxyl groups is 1. The molecule has 1 aromatic carbocycles. The first-order valence-corrected chi connectivity index (χ1v) is 10.4. The van der Waals surface area contributed by atoms with Crippen LogP contribution in [-0.2, 0) is 0 Å². The second-order valence-electron chi connectivity index (χ2n) is 7.18. The van der Waals surface area contributed by atoms with E-state index in [2.05, 4.69) is 41.1 Å². The van der Waals surface area contributed by atoms with Crippen LogP contribution in [0.25, 0.3) is 0 Å². The van der Waals surface area contributed by atoms with Crippen LogP contribution < -0.4 is 16.1 Å². The third kappa shape index (κ3) is 6.31. The largest absolute Gasteiger partial charge is 0.387 e. The van der Waals surface area contributed by atoms with Gasteiger partial charge in [-0.25, -0.2) is 0 Å². The zero-order valence-corrected chi connectivity index (χ0v) is 18.1. The summed E-state index contributed by atoms with van der Waals surface area (Å²) in [5.41, 5.74) is 6.36. The maximum Gasteiger partial charge on any atom is 0.231 e. The van der Waals surface area contributed by atoms with E-state index >= 15 is 0 Å². The van der Waals surface area contributed by atoms with Gasteiger partial charge in [0.05, 0.1) is 11.8 Å². The van der Waals surface area contributed by atoms with Crippen molar-refractivity contribution in [3.8, 4) is 0 Å². The van der Waals surface area contributed by atoms with Gasteiger partial charge in [0.2, 0.25) is 5.95 Å². The number of aliphatic hydroxyl groups excluding tert-OH is 1. The zero-order chi connectivity index (χ0) is 22.9. The Morgan fingerprint density at radius 1 is 0.909 bits per heavy atom. The highest BCUT2D eigenvalue weighted by atomic mass is 16.3. The molecule has 4 rings (SSSR count). The number of aromatic nitrogens is 4. The van der Waals surface area contributed by atoms with Gasteiger partial charge in [-0.05, 0) is 48.9 Å². The molecule has 3 heterocycles. The van der Waals surface area contributed by atoms with Gasteiger partial charge in [-0.3, -0.25) is 15.4 Å². The van der Waals surface area contributed by atoms with Crippen LogP contribution in [0.1, 0.15) is 24.2 Å². The molecule has 0 radical (unpaired) electrons. The second kappa shape index (κ2) is 10.8. The average Bonchev–Trinajstić information content (AvgIpc) is 2.87. The molecule has 33 heavy (non-hydrogen) atoms. The van der Waals surface area contributed by atoms with E-state index in [1.54, 1.807) is 43.0 Å². The van der Waals surface area contributed by atoms with Gasteiger partial charge in [0.25, 0.3) is 0 Å². The Morgan fingerprint density at radius 3 is 2.30 bits per heavy atom. The quantitative estimate of drug-likeness (QED) is 0.228. The van der Waals surface area contributed by atoms with Gasteiger partial charge in [-0.1, -0.05) is 18.2 Å². The molecule has 4 N–H and O–H groups in total. The molecular formula is C24H24N8O. The van der Waals surface area contributed by atoms with Gasteiger partial charge in [-0.2, -0.15) is 15.1 Å². The third-order valence-corrected chi connectivity index (χ3v) is 4.76. The number of benzene rings is 1. The first kappa shape index (κ1) is 21.8. The number of pyridine rings is 2. The minimum Gasteiger partial charge on any atom is -0.387 e. The second-order valence-corrected chi connectivity index (χ2v) is 7.18. The molecule has 0 amide bonds. The van der Waals surface area contributed by atoms with Crippen molar-refractivity contribution >= 4 is 29.0 Å². The van der Waals surface area contributed by atoms with E-state index in [0.717, 1.165) is 22.5 Å². The standard InChI is InChI=1S/C24H24N8O/c1-17(18-7-11-25-12-8-18)31-32-23-15-22(27-16-21(33)19-9-13-26-14-10-19)29-24(30-23)28-20-5-3-2-4-6-20/h2-15,21,33H,16H2,1H3,(H3,27,28,29,30,32). The van der Waals surface area contributed by atoms with Crippen LogP contribution in [0.15, 0.2) is 90.6 Å². The fourth-order valence-electron chi connectivity index (χ4n) is 3.01. The van der Waals surface area contributed by atoms with Crippen LogP contribution >= 0.6 is 0 Å². The van der Waals surface area contributed by atoms with Gasteiger partial charge in [0, 0.05) is 48.6 Å². The average molecular weight is 441 g/mol. The Hall–Kier alpha value is -4.37. The monoisotopic (exact) mass is 440 g/mol. The number of nitrogens with one attached hydrogen (secondary N) is 3. The van der Waals surface area contributed by atoms with Gasteiger partial charge in [-0.15, -0.1) is 0 Å². The molecule has 0 spiro atoms. The predicted octanol–water partition coefficient (Wildman–Crippen LogP) is 3.99. The van der Waals surface area contributed by atoms with Crippen molar-refractivity contribution in [1.82, 2.24) is 19.9 Å². The van der Waals surface area contributed by atoms with Gasteiger partial charge in [0.15, 0.2) is 5.82 Å². The lowest BCUT2D eigenvalue weighted by molar-refractivity contribution is 0.191.